The van der Waals surface area contributed by atoms with Gasteiger partial charge in [-0.15, -0.1) is 0 Å². The lowest BCUT2D eigenvalue weighted by atomic mass is 9.87. The maximum atomic E-state index is 13.4. The van der Waals surface area contributed by atoms with E-state index in [0.717, 1.165) is 29.5 Å². The second kappa shape index (κ2) is 10.2. The average molecular weight is 468 g/mol. The second-order valence-electron chi connectivity index (χ2n) is 9.21. The minimum atomic E-state index is -0.385. The molecule has 0 spiro atoms. The van der Waals surface area contributed by atoms with E-state index in [4.69, 9.17) is 5.73 Å². The van der Waals surface area contributed by atoms with E-state index in [9.17, 15) is 24.9 Å². The molecular formula is C26H33N3O5. The number of anilines is 1. The minimum absolute atomic E-state index is 0.129. The normalized spacial score (nSPS) is 18.1. The van der Waals surface area contributed by atoms with Crippen LogP contribution < -0.4 is 21.4 Å². The number of piperidine rings is 1. The summed E-state index contributed by atoms with van der Waals surface area (Å²) in [7, 11) is 0. The molecular weight excluding hydrogens is 434 g/mol. The predicted octanol–water partition coefficient (Wildman–Crippen LogP) is 1.24. The summed E-state index contributed by atoms with van der Waals surface area (Å²) in [5.41, 5.74) is 11.2. The molecule has 0 saturated carbocycles. The number of fused-ring (bicyclic) bond motifs is 3. The van der Waals surface area contributed by atoms with Crippen LogP contribution in [0.3, 0.4) is 0 Å². The molecule has 0 aromatic heterocycles. The lowest BCUT2D eigenvalue weighted by Crippen LogP contribution is -2.41. The van der Waals surface area contributed by atoms with Crippen molar-refractivity contribution < 1.29 is 20.1 Å². The number of nitrogens with zero attached hydrogens (tertiary/aromatic N) is 1. The first-order chi connectivity index (χ1) is 16.4. The van der Waals surface area contributed by atoms with Gasteiger partial charge in [0.25, 0.3) is 0 Å². The summed E-state index contributed by atoms with van der Waals surface area (Å²) >= 11 is 0. The number of rotatable bonds is 5. The molecule has 6 N–H and O–H groups in total. The summed E-state index contributed by atoms with van der Waals surface area (Å²) < 4.78 is 0. The summed E-state index contributed by atoms with van der Waals surface area (Å²) in [5, 5.41) is 33.2. The summed E-state index contributed by atoms with van der Waals surface area (Å²) in [6.07, 6.45) is 2.77. The molecule has 8 nitrogen and oxygen atoms in total. The zero-order valence-corrected chi connectivity index (χ0v) is 19.5. The van der Waals surface area contributed by atoms with E-state index in [1.165, 1.54) is 6.92 Å². The van der Waals surface area contributed by atoms with Crippen LogP contribution in [0.2, 0.25) is 0 Å². The first-order valence-corrected chi connectivity index (χ1v) is 11.8. The van der Waals surface area contributed by atoms with Crippen LogP contribution in [-0.4, -0.2) is 40.4 Å². The molecule has 182 valence electrons. The Morgan fingerprint density at radius 1 is 1.06 bits per heavy atom. The average Bonchev–Trinajstić information content (AvgIpc) is 3.07. The number of hydrogen-bond acceptors (Lipinski definition) is 7. The number of aryl methyl sites for hydroxylation is 1. The van der Waals surface area contributed by atoms with Gasteiger partial charge in [0.1, 0.15) is 0 Å². The van der Waals surface area contributed by atoms with Gasteiger partial charge in [-0.05, 0) is 76.8 Å². The molecule has 1 unspecified atom stereocenters. The SMILES string of the molecule is CC(=O)NC1CCc2cc(CO)c(CO)c(CO)c2-c2ccc(N3CCC(N)CC3)c(=O)cc21. The van der Waals surface area contributed by atoms with Crippen molar-refractivity contribution in [2.75, 3.05) is 18.0 Å². The third-order valence-corrected chi connectivity index (χ3v) is 7.07. The zero-order valence-electron chi connectivity index (χ0n) is 19.5. The Kier molecular flexibility index (Phi) is 7.33. The fraction of sp³-hybridized carbons (Fsp3) is 0.462. The summed E-state index contributed by atoms with van der Waals surface area (Å²) in [6, 6.07) is 6.92. The number of carbonyl (C=O) groups excluding carboxylic acids is 1. The van der Waals surface area contributed by atoms with Gasteiger partial charge in [0, 0.05) is 26.1 Å². The van der Waals surface area contributed by atoms with E-state index < -0.39 is 0 Å². The van der Waals surface area contributed by atoms with E-state index in [2.05, 4.69) is 10.2 Å². The molecule has 2 aromatic rings. The fourth-order valence-corrected chi connectivity index (χ4v) is 5.36. The molecule has 1 amide bonds. The molecule has 0 radical (unpaired) electrons. The summed E-state index contributed by atoms with van der Waals surface area (Å²) in [5.74, 6) is -0.194. The highest BCUT2D eigenvalue weighted by Gasteiger charge is 2.28. The molecule has 2 aromatic carbocycles. The van der Waals surface area contributed by atoms with Crippen molar-refractivity contribution in [2.45, 2.75) is 64.5 Å². The third-order valence-electron chi connectivity index (χ3n) is 7.07. The van der Waals surface area contributed by atoms with Crippen LogP contribution in [0, 0.1) is 0 Å². The number of nitrogens with one attached hydrogen (secondary N) is 1. The van der Waals surface area contributed by atoms with Crippen LogP contribution in [0.1, 0.15) is 60.0 Å². The lowest BCUT2D eigenvalue weighted by molar-refractivity contribution is -0.119. The highest BCUT2D eigenvalue weighted by Crippen LogP contribution is 2.41. The Morgan fingerprint density at radius 2 is 1.76 bits per heavy atom. The number of hydrogen-bond donors (Lipinski definition) is 5. The summed E-state index contributed by atoms with van der Waals surface area (Å²) in [4.78, 5) is 27.5. The van der Waals surface area contributed by atoms with Gasteiger partial charge in [-0.2, -0.15) is 0 Å². The predicted molar refractivity (Wildman–Crippen MR) is 130 cm³/mol. The third kappa shape index (κ3) is 4.59. The highest BCUT2D eigenvalue weighted by atomic mass is 16.3. The van der Waals surface area contributed by atoms with Gasteiger partial charge in [-0.3, -0.25) is 9.59 Å². The van der Waals surface area contributed by atoms with Crippen molar-refractivity contribution in [3.63, 3.8) is 0 Å². The maximum Gasteiger partial charge on any atom is 0.217 e. The Bertz CT molecular complexity index is 1140. The molecule has 34 heavy (non-hydrogen) atoms. The van der Waals surface area contributed by atoms with E-state index >= 15 is 0 Å². The Labute approximate surface area is 199 Å². The maximum absolute atomic E-state index is 13.4. The number of amides is 1. The van der Waals surface area contributed by atoms with Crippen LogP contribution in [0.25, 0.3) is 11.1 Å². The largest absolute Gasteiger partial charge is 0.392 e. The Morgan fingerprint density at radius 3 is 2.38 bits per heavy atom. The van der Waals surface area contributed by atoms with Crippen LogP contribution in [-0.2, 0) is 31.0 Å². The van der Waals surface area contributed by atoms with Crippen LogP contribution in [0.4, 0.5) is 5.69 Å². The fourth-order valence-electron chi connectivity index (χ4n) is 5.36. The van der Waals surface area contributed by atoms with E-state index in [1.807, 2.05) is 18.2 Å². The van der Waals surface area contributed by atoms with Crippen molar-refractivity contribution in [3.8, 4) is 11.1 Å². The molecule has 1 aliphatic heterocycles. The van der Waals surface area contributed by atoms with Crippen molar-refractivity contribution in [1.29, 1.82) is 0 Å². The van der Waals surface area contributed by atoms with Crippen molar-refractivity contribution >= 4 is 11.6 Å². The Hall–Kier alpha value is -2.78. The number of aliphatic hydroxyl groups is 3. The topological polar surface area (TPSA) is 136 Å². The first-order valence-electron chi connectivity index (χ1n) is 11.8. The molecule has 0 bridgehead atoms. The molecule has 1 heterocycles. The molecule has 1 saturated heterocycles. The van der Waals surface area contributed by atoms with Crippen molar-refractivity contribution in [2.24, 2.45) is 5.73 Å². The van der Waals surface area contributed by atoms with Crippen LogP contribution in [0.5, 0.6) is 0 Å². The van der Waals surface area contributed by atoms with Crippen molar-refractivity contribution in [1.82, 2.24) is 5.32 Å². The minimum Gasteiger partial charge on any atom is -0.392 e. The van der Waals surface area contributed by atoms with Crippen molar-refractivity contribution in [3.05, 3.63) is 62.3 Å². The molecule has 1 atom stereocenters. The number of nitrogens with two attached hydrogens (primary N) is 1. The number of aliphatic hydroxyl groups excluding tert-OH is 3. The van der Waals surface area contributed by atoms with E-state index in [-0.39, 0.29) is 43.2 Å². The molecule has 1 aliphatic carbocycles. The summed E-state index contributed by atoms with van der Waals surface area (Å²) in [6.45, 7) is 1.95. The van der Waals surface area contributed by atoms with Crippen LogP contribution in [0.15, 0.2) is 29.1 Å². The molecule has 8 heteroatoms. The van der Waals surface area contributed by atoms with Gasteiger partial charge < -0.3 is 31.3 Å². The van der Waals surface area contributed by atoms with E-state index in [1.54, 1.807) is 6.07 Å². The van der Waals surface area contributed by atoms with Gasteiger partial charge >= 0.3 is 0 Å². The standard InChI is InChI=1S/C26H33N3O5/c1-15(33)28-23-4-2-16-10-17(12-30)21(13-31)22(14-32)26(16)19-3-5-24(25(34)11-20(19)23)29-8-6-18(27)7-9-29/h3,5,10-11,18,23,30-32H,2,4,6-9,12-14,27H2,1H3,(H,28,33). The smallest absolute Gasteiger partial charge is 0.217 e. The molecule has 4 rings (SSSR count). The van der Waals surface area contributed by atoms with E-state index in [0.29, 0.717) is 53.9 Å². The first kappa shape index (κ1) is 24.3. The van der Waals surface area contributed by atoms with Gasteiger partial charge in [-0.25, -0.2) is 0 Å². The van der Waals surface area contributed by atoms with Crippen LogP contribution >= 0.6 is 0 Å². The molecule has 2 aliphatic rings. The molecule has 1 fully saturated rings. The zero-order chi connectivity index (χ0) is 24.4. The Balaban J connectivity index is 1.97. The monoisotopic (exact) mass is 467 g/mol. The lowest BCUT2D eigenvalue weighted by Gasteiger charge is -2.31. The van der Waals surface area contributed by atoms with Gasteiger partial charge in [0.2, 0.25) is 11.3 Å². The quantitative estimate of drug-likeness (QED) is 0.446. The van der Waals surface area contributed by atoms with Gasteiger partial charge in [0.15, 0.2) is 0 Å². The number of benzene rings is 1. The van der Waals surface area contributed by atoms with Gasteiger partial charge in [-0.1, -0.05) is 12.1 Å². The number of carbonyl (C=O) groups is 1. The second-order valence-corrected chi connectivity index (χ2v) is 9.21. The highest BCUT2D eigenvalue weighted by molar-refractivity contribution is 5.79. The van der Waals surface area contributed by atoms with Gasteiger partial charge in [0.05, 0.1) is 31.5 Å².